The average molecular weight is 292 g/mol. The fourth-order valence-corrected chi connectivity index (χ4v) is 3.57. The van der Waals surface area contributed by atoms with Crippen LogP contribution in [0.15, 0.2) is 18.2 Å². The number of thioether (sulfide) groups is 1. The van der Waals surface area contributed by atoms with E-state index in [1.165, 1.54) is 17.8 Å². The third-order valence-corrected chi connectivity index (χ3v) is 4.37. The molecule has 0 aromatic heterocycles. The van der Waals surface area contributed by atoms with Crippen LogP contribution in [0.1, 0.15) is 15.9 Å². The van der Waals surface area contributed by atoms with Crippen LogP contribution in [0, 0.1) is 5.82 Å². The molecule has 0 atom stereocenters. The zero-order valence-corrected chi connectivity index (χ0v) is 11.4. The lowest BCUT2D eigenvalue weighted by Gasteiger charge is -2.06. The molecule has 4 nitrogen and oxygen atoms in total. The molecule has 7 heteroatoms. The molecule has 0 aliphatic rings. The predicted molar refractivity (Wildman–Crippen MR) is 69.2 cm³/mol. The van der Waals surface area contributed by atoms with E-state index in [0.29, 0.717) is 11.3 Å². The molecule has 0 aliphatic heterocycles. The van der Waals surface area contributed by atoms with Crippen molar-refractivity contribution in [1.29, 1.82) is 0 Å². The number of halogens is 1. The van der Waals surface area contributed by atoms with Gasteiger partial charge in [0.15, 0.2) is 0 Å². The van der Waals surface area contributed by atoms with Crippen LogP contribution in [0.25, 0.3) is 0 Å². The molecule has 0 radical (unpaired) electrons. The molecule has 0 fully saturated rings. The topological polar surface area (TPSA) is 71.4 Å². The normalized spacial score (nSPS) is 11.4. The van der Waals surface area contributed by atoms with Crippen LogP contribution in [0.3, 0.4) is 0 Å². The average Bonchev–Trinajstić information content (AvgIpc) is 2.22. The van der Waals surface area contributed by atoms with E-state index in [1.807, 2.05) is 0 Å². The van der Waals surface area contributed by atoms with E-state index in [9.17, 15) is 17.6 Å². The molecule has 0 bridgehead atoms. The first-order valence-corrected chi connectivity index (χ1v) is 8.28. The predicted octanol–water partition coefficient (Wildman–Crippen LogP) is 1.80. The number of aromatic carboxylic acids is 1. The van der Waals surface area contributed by atoms with Crippen molar-refractivity contribution in [2.45, 2.75) is 5.75 Å². The molecule has 0 heterocycles. The van der Waals surface area contributed by atoms with Gasteiger partial charge in [0.05, 0.1) is 11.3 Å². The zero-order chi connectivity index (χ0) is 13.8. The molecule has 0 amide bonds. The smallest absolute Gasteiger partial charge is 0.335 e. The summed E-state index contributed by atoms with van der Waals surface area (Å²) in [4.78, 5) is 10.9. The molecular weight excluding hydrogens is 279 g/mol. The van der Waals surface area contributed by atoms with Gasteiger partial charge >= 0.3 is 5.97 Å². The molecule has 1 aromatic carbocycles. The largest absolute Gasteiger partial charge is 0.478 e. The van der Waals surface area contributed by atoms with E-state index in [0.717, 1.165) is 18.4 Å². The number of carboxylic acids is 1. The first-order chi connectivity index (χ1) is 8.29. The van der Waals surface area contributed by atoms with Gasteiger partial charge in [0, 0.05) is 17.8 Å². The van der Waals surface area contributed by atoms with Crippen LogP contribution in [-0.4, -0.2) is 37.3 Å². The molecule has 0 saturated carbocycles. The Morgan fingerprint density at radius 3 is 2.67 bits per heavy atom. The minimum Gasteiger partial charge on any atom is -0.478 e. The summed E-state index contributed by atoms with van der Waals surface area (Å²) in [5.74, 6) is -0.967. The number of carboxylic acid groups (broad SMARTS) is 1. The van der Waals surface area contributed by atoms with Gasteiger partial charge in [-0.25, -0.2) is 17.6 Å². The Kier molecular flexibility index (Phi) is 5.15. The summed E-state index contributed by atoms with van der Waals surface area (Å²) in [6.07, 6.45) is 1.14. The number of hydrogen-bond acceptors (Lipinski definition) is 4. The number of carbonyl (C=O) groups is 1. The fourth-order valence-electron chi connectivity index (χ4n) is 1.28. The van der Waals surface area contributed by atoms with Crippen LogP contribution in [0.4, 0.5) is 4.39 Å². The van der Waals surface area contributed by atoms with Crippen molar-refractivity contribution in [3.63, 3.8) is 0 Å². The highest BCUT2D eigenvalue weighted by Crippen LogP contribution is 2.18. The molecule has 0 aliphatic carbocycles. The molecular formula is C11H13FO4S2. The lowest BCUT2D eigenvalue weighted by molar-refractivity contribution is 0.0696. The van der Waals surface area contributed by atoms with Gasteiger partial charge in [-0.2, -0.15) is 11.8 Å². The van der Waals surface area contributed by atoms with Crippen LogP contribution in [-0.2, 0) is 15.6 Å². The second-order valence-electron chi connectivity index (χ2n) is 3.79. The minimum atomic E-state index is -3.02. The highest BCUT2D eigenvalue weighted by Gasteiger charge is 2.11. The van der Waals surface area contributed by atoms with Gasteiger partial charge in [0.25, 0.3) is 0 Å². The summed E-state index contributed by atoms with van der Waals surface area (Å²) >= 11 is 1.26. The van der Waals surface area contributed by atoms with Crippen molar-refractivity contribution in [3.8, 4) is 0 Å². The Balaban J connectivity index is 2.66. The van der Waals surface area contributed by atoms with E-state index >= 15 is 0 Å². The standard InChI is InChI=1S/C11H13FO4S2/c1-18(15,16)5-4-17-7-8-6-9(12)2-3-10(8)11(13)14/h2-3,6H,4-5,7H2,1H3,(H,13,14). The summed E-state index contributed by atoms with van der Waals surface area (Å²) in [6, 6.07) is 3.47. The Morgan fingerprint density at radius 2 is 2.11 bits per heavy atom. The van der Waals surface area contributed by atoms with E-state index in [-0.39, 0.29) is 17.1 Å². The van der Waals surface area contributed by atoms with E-state index < -0.39 is 21.6 Å². The Morgan fingerprint density at radius 1 is 1.44 bits per heavy atom. The third kappa shape index (κ3) is 5.05. The van der Waals surface area contributed by atoms with Gasteiger partial charge in [-0.05, 0) is 23.8 Å². The number of sulfone groups is 1. The summed E-state index contributed by atoms with van der Waals surface area (Å²) in [5.41, 5.74) is 0.407. The molecule has 0 saturated heterocycles. The molecule has 1 rings (SSSR count). The zero-order valence-electron chi connectivity index (χ0n) is 9.72. The van der Waals surface area contributed by atoms with Crippen molar-refractivity contribution in [3.05, 3.63) is 35.1 Å². The maximum Gasteiger partial charge on any atom is 0.335 e. The van der Waals surface area contributed by atoms with Crippen molar-refractivity contribution in [2.75, 3.05) is 17.8 Å². The number of rotatable bonds is 6. The highest BCUT2D eigenvalue weighted by atomic mass is 32.2. The lowest BCUT2D eigenvalue weighted by atomic mass is 10.1. The van der Waals surface area contributed by atoms with Gasteiger partial charge in [-0.3, -0.25) is 0 Å². The second-order valence-corrected chi connectivity index (χ2v) is 7.15. The van der Waals surface area contributed by atoms with Gasteiger partial charge in [-0.1, -0.05) is 0 Å². The van der Waals surface area contributed by atoms with Crippen LogP contribution >= 0.6 is 11.8 Å². The van der Waals surface area contributed by atoms with Crippen LogP contribution < -0.4 is 0 Å². The Bertz CT molecular complexity index is 540. The van der Waals surface area contributed by atoms with E-state index in [2.05, 4.69) is 0 Å². The summed E-state index contributed by atoms with van der Waals surface area (Å²) in [6.45, 7) is 0. The maximum atomic E-state index is 13.0. The molecule has 18 heavy (non-hydrogen) atoms. The molecule has 0 unspecified atom stereocenters. The van der Waals surface area contributed by atoms with Crippen LogP contribution in [0.5, 0.6) is 0 Å². The van der Waals surface area contributed by atoms with E-state index in [4.69, 9.17) is 5.11 Å². The van der Waals surface area contributed by atoms with Crippen molar-refractivity contribution in [2.24, 2.45) is 0 Å². The molecule has 1 aromatic rings. The van der Waals surface area contributed by atoms with Crippen molar-refractivity contribution >= 4 is 27.6 Å². The maximum absolute atomic E-state index is 13.0. The monoisotopic (exact) mass is 292 g/mol. The number of benzene rings is 1. The Labute approximate surface area is 109 Å². The van der Waals surface area contributed by atoms with Crippen molar-refractivity contribution in [1.82, 2.24) is 0 Å². The van der Waals surface area contributed by atoms with Gasteiger partial charge in [-0.15, -0.1) is 0 Å². The summed E-state index contributed by atoms with van der Waals surface area (Å²) < 4.78 is 34.8. The van der Waals surface area contributed by atoms with Gasteiger partial charge < -0.3 is 5.11 Å². The van der Waals surface area contributed by atoms with Crippen LogP contribution in [0.2, 0.25) is 0 Å². The highest BCUT2D eigenvalue weighted by molar-refractivity contribution is 7.99. The molecule has 100 valence electrons. The Hall–Kier alpha value is -1.08. The fraction of sp³-hybridized carbons (Fsp3) is 0.364. The molecule has 1 N–H and O–H groups in total. The SMILES string of the molecule is CS(=O)(=O)CCSCc1cc(F)ccc1C(=O)O. The van der Waals surface area contributed by atoms with E-state index in [1.54, 1.807) is 0 Å². The first-order valence-electron chi connectivity index (χ1n) is 5.07. The summed E-state index contributed by atoms with van der Waals surface area (Å²) in [5, 5.41) is 8.91. The third-order valence-electron chi connectivity index (χ3n) is 2.15. The van der Waals surface area contributed by atoms with Gasteiger partial charge in [0.1, 0.15) is 15.7 Å². The first kappa shape index (κ1) is 15.0. The quantitative estimate of drug-likeness (QED) is 0.810. The molecule has 0 spiro atoms. The number of hydrogen-bond donors (Lipinski definition) is 1. The van der Waals surface area contributed by atoms with Crippen molar-refractivity contribution < 1.29 is 22.7 Å². The van der Waals surface area contributed by atoms with Gasteiger partial charge in [0.2, 0.25) is 0 Å². The lowest BCUT2D eigenvalue weighted by Crippen LogP contribution is -2.06. The minimum absolute atomic E-state index is 0.0232. The second kappa shape index (κ2) is 6.19. The summed E-state index contributed by atoms with van der Waals surface area (Å²) in [7, 11) is -3.02.